The Morgan fingerprint density at radius 1 is 1.31 bits per heavy atom. The van der Waals surface area contributed by atoms with Gasteiger partial charge in [0.2, 0.25) is 0 Å². The van der Waals surface area contributed by atoms with Crippen molar-refractivity contribution in [3.63, 3.8) is 0 Å². The molecule has 0 aliphatic carbocycles. The van der Waals surface area contributed by atoms with E-state index in [-0.39, 0.29) is 0 Å². The van der Waals surface area contributed by atoms with E-state index in [1.165, 1.54) is 0 Å². The van der Waals surface area contributed by atoms with Crippen molar-refractivity contribution in [2.75, 3.05) is 11.5 Å². The maximum atomic E-state index is 11.0. The molecule has 74 valence electrons. The van der Waals surface area contributed by atoms with Crippen molar-refractivity contribution in [3.8, 4) is 0 Å². The van der Waals surface area contributed by atoms with Gasteiger partial charge >= 0.3 is 0 Å². The lowest BCUT2D eigenvalue weighted by Gasteiger charge is -1.91. The maximum absolute atomic E-state index is 11.0. The Labute approximate surface area is 90.6 Å². The molecular weight excluding hydrogens is 220 g/mol. The molecule has 4 heteroatoms. The van der Waals surface area contributed by atoms with Gasteiger partial charge in [-0.3, -0.25) is 4.21 Å². The van der Waals surface area contributed by atoms with E-state index in [4.69, 9.17) is 0 Å². The average molecular weight is 234 g/mol. The third kappa shape index (κ3) is 9.99. The van der Waals surface area contributed by atoms with E-state index in [1.54, 1.807) is 38.5 Å². The van der Waals surface area contributed by atoms with Gasteiger partial charge in [-0.15, -0.1) is 6.58 Å². The molecule has 0 heterocycles. The van der Waals surface area contributed by atoms with Gasteiger partial charge in [-0.05, 0) is 6.92 Å². The largest absolute Gasteiger partial charge is 0.250 e. The summed E-state index contributed by atoms with van der Waals surface area (Å²) in [6, 6.07) is 0. The van der Waals surface area contributed by atoms with Crippen molar-refractivity contribution in [3.05, 3.63) is 35.6 Å². The van der Waals surface area contributed by atoms with Crippen LogP contribution in [0.2, 0.25) is 0 Å². The van der Waals surface area contributed by atoms with Crippen molar-refractivity contribution in [2.45, 2.75) is 6.92 Å². The molecule has 13 heavy (non-hydrogen) atoms. The summed E-state index contributed by atoms with van der Waals surface area (Å²) in [5.74, 6) is 1.85. The molecule has 0 aliphatic heterocycles. The zero-order chi connectivity index (χ0) is 9.94. The van der Waals surface area contributed by atoms with Gasteiger partial charge in [0.1, 0.15) is 0 Å². The van der Waals surface area contributed by atoms with Crippen molar-refractivity contribution >= 4 is 32.4 Å². The minimum atomic E-state index is -0.931. The first-order valence-electron chi connectivity index (χ1n) is 3.85. The third-order valence-corrected chi connectivity index (χ3v) is 4.12. The molecule has 0 saturated carbocycles. The molecule has 0 aromatic carbocycles. The van der Waals surface area contributed by atoms with E-state index in [0.29, 0.717) is 0 Å². The van der Waals surface area contributed by atoms with Crippen LogP contribution in [-0.4, -0.2) is 15.7 Å². The van der Waals surface area contributed by atoms with Gasteiger partial charge in [0, 0.05) is 22.3 Å². The maximum Gasteiger partial charge on any atom is 0.0696 e. The summed E-state index contributed by atoms with van der Waals surface area (Å²) in [4.78, 5) is 0. The second-order valence-corrected chi connectivity index (χ2v) is 5.78. The number of hydrogen-bond donors (Lipinski definition) is 0. The smallest absolute Gasteiger partial charge is 0.0696 e. The van der Waals surface area contributed by atoms with E-state index >= 15 is 0 Å². The standard InChI is InChI=1S/C9H14OS3/c1-3-6-11-12-7-5-9-13(10)8-4-2/h3-5,8-9H,1,6-7H2,2H3/b8-4+,9-5+. The molecule has 0 saturated heterocycles. The molecule has 0 aliphatic rings. The van der Waals surface area contributed by atoms with Crippen molar-refractivity contribution in [1.82, 2.24) is 0 Å². The second kappa shape index (κ2) is 10.2. The van der Waals surface area contributed by atoms with Crippen LogP contribution in [0.4, 0.5) is 0 Å². The minimum absolute atomic E-state index is 0.891. The van der Waals surface area contributed by atoms with E-state index in [0.717, 1.165) is 11.5 Å². The Kier molecular flexibility index (Phi) is 10.2. The zero-order valence-electron chi connectivity index (χ0n) is 7.64. The lowest BCUT2D eigenvalue weighted by atomic mass is 10.8. The molecule has 0 amide bonds. The first kappa shape index (κ1) is 13.1. The lowest BCUT2D eigenvalue weighted by molar-refractivity contribution is 0.693. The fourth-order valence-electron chi connectivity index (χ4n) is 0.497. The summed E-state index contributed by atoms with van der Waals surface area (Å²) in [6.07, 6.45) is 5.59. The Bertz CT molecular complexity index is 209. The van der Waals surface area contributed by atoms with Crippen LogP contribution in [0, 0.1) is 0 Å². The highest BCUT2D eigenvalue weighted by atomic mass is 33.1. The minimum Gasteiger partial charge on any atom is -0.250 e. The number of hydrogen-bond acceptors (Lipinski definition) is 3. The highest BCUT2D eigenvalue weighted by molar-refractivity contribution is 8.76. The van der Waals surface area contributed by atoms with Gasteiger partial charge in [0.25, 0.3) is 0 Å². The van der Waals surface area contributed by atoms with Crippen LogP contribution in [0.1, 0.15) is 6.92 Å². The van der Waals surface area contributed by atoms with Crippen molar-refractivity contribution < 1.29 is 4.21 Å². The number of allylic oxidation sites excluding steroid dienone is 1. The molecule has 0 N–H and O–H groups in total. The van der Waals surface area contributed by atoms with E-state index in [2.05, 4.69) is 6.58 Å². The van der Waals surface area contributed by atoms with Crippen LogP contribution in [0.3, 0.4) is 0 Å². The van der Waals surface area contributed by atoms with Gasteiger partial charge in [0.15, 0.2) is 0 Å². The predicted molar refractivity (Wildman–Crippen MR) is 67.2 cm³/mol. The molecule has 0 rings (SSSR count). The molecule has 0 fully saturated rings. The molecule has 0 spiro atoms. The van der Waals surface area contributed by atoms with Crippen LogP contribution in [0.15, 0.2) is 35.6 Å². The normalized spacial score (nSPS) is 13.9. The van der Waals surface area contributed by atoms with Gasteiger partial charge in [-0.2, -0.15) is 0 Å². The molecular formula is C9H14OS3. The Balaban J connectivity index is 3.40. The summed E-state index contributed by atoms with van der Waals surface area (Å²) in [7, 11) is 2.56. The van der Waals surface area contributed by atoms with Crippen LogP contribution in [0.5, 0.6) is 0 Å². The fraction of sp³-hybridized carbons (Fsp3) is 0.333. The highest BCUT2D eigenvalue weighted by Gasteiger charge is 1.85. The van der Waals surface area contributed by atoms with E-state index < -0.39 is 10.8 Å². The summed E-state index contributed by atoms with van der Waals surface area (Å²) >= 11 is 0. The molecule has 0 aromatic rings. The molecule has 0 aromatic heterocycles. The topological polar surface area (TPSA) is 17.1 Å². The predicted octanol–water partition coefficient (Wildman–Crippen LogP) is 3.35. The molecule has 1 nitrogen and oxygen atoms in total. The van der Waals surface area contributed by atoms with Crippen LogP contribution < -0.4 is 0 Å². The van der Waals surface area contributed by atoms with Gasteiger partial charge in [-0.25, -0.2) is 0 Å². The number of rotatable bonds is 7. The second-order valence-electron chi connectivity index (χ2n) is 2.03. The van der Waals surface area contributed by atoms with Crippen LogP contribution in [0.25, 0.3) is 0 Å². The molecule has 0 bridgehead atoms. The summed E-state index contributed by atoms with van der Waals surface area (Å²) < 4.78 is 11.0. The van der Waals surface area contributed by atoms with Gasteiger partial charge in [0.05, 0.1) is 10.8 Å². The Morgan fingerprint density at radius 2 is 2.00 bits per heavy atom. The van der Waals surface area contributed by atoms with Crippen LogP contribution in [-0.2, 0) is 10.8 Å². The van der Waals surface area contributed by atoms with Gasteiger partial charge in [-0.1, -0.05) is 39.8 Å². The Morgan fingerprint density at radius 3 is 2.62 bits per heavy atom. The van der Waals surface area contributed by atoms with Crippen molar-refractivity contribution in [1.29, 1.82) is 0 Å². The summed E-state index contributed by atoms with van der Waals surface area (Å²) in [5, 5.41) is 3.37. The molecule has 1 unspecified atom stereocenters. The van der Waals surface area contributed by atoms with Gasteiger partial charge < -0.3 is 0 Å². The van der Waals surface area contributed by atoms with E-state index in [1.807, 2.05) is 19.1 Å². The van der Waals surface area contributed by atoms with E-state index in [9.17, 15) is 4.21 Å². The molecule has 1 atom stereocenters. The summed E-state index contributed by atoms with van der Waals surface area (Å²) in [6.45, 7) is 5.48. The first-order chi connectivity index (χ1) is 6.31. The third-order valence-electron chi connectivity index (χ3n) is 0.934. The van der Waals surface area contributed by atoms with Crippen molar-refractivity contribution in [2.24, 2.45) is 0 Å². The van der Waals surface area contributed by atoms with Crippen LogP contribution >= 0.6 is 21.6 Å². The quantitative estimate of drug-likeness (QED) is 0.382. The first-order valence-corrected chi connectivity index (χ1v) is 7.62. The Hall–Kier alpha value is 0.0700. The fourth-order valence-corrected chi connectivity index (χ4v) is 2.83. The average Bonchev–Trinajstić information content (AvgIpc) is 2.11. The lowest BCUT2D eigenvalue weighted by Crippen LogP contribution is -1.75. The molecule has 0 radical (unpaired) electrons. The monoisotopic (exact) mass is 234 g/mol. The zero-order valence-corrected chi connectivity index (χ0v) is 10.1. The SMILES string of the molecule is C=CCSSC/C=C/S(=O)/C=C/C. The highest BCUT2D eigenvalue weighted by Crippen LogP contribution is 2.20. The summed E-state index contributed by atoms with van der Waals surface area (Å²) in [5.41, 5.74) is 0.